The standard InChI is InChI=1S/C28H31N3O/c1-21(27-9-4-7-23-6-2-3-8-28(23)27)30-25-13-10-24(20-25)22-11-14-26(15-12-22)32-19-18-31-17-5-16-29-31/h2-9,11-12,14-17,21,24-25,30H,10,13,18-20H2,1H3/t21-,24+,25-/m1/s1. The molecule has 1 saturated carbocycles. The zero-order valence-corrected chi connectivity index (χ0v) is 18.7. The topological polar surface area (TPSA) is 39.1 Å². The molecular formula is C28H31N3O. The molecule has 0 aliphatic heterocycles. The zero-order chi connectivity index (χ0) is 21.8. The molecule has 32 heavy (non-hydrogen) atoms. The van der Waals surface area contributed by atoms with Crippen LogP contribution in [0, 0.1) is 0 Å². The van der Waals surface area contributed by atoms with Crippen molar-refractivity contribution in [3.63, 3.8) is 0 Å². The zero-order valence-electron chi connectivity index (χ0n) is 18.7. The average Bonchev–Trinajstić information content (AvgIpc) is 3.52. The van der Waals surface area contributed by atoms with Gasteiger partial charge < -0.3 is 10.1 Å². The van der Waals surface area contributed by atoms with E-state index in [9.17, 15) is 0 Å². The van der Waals surface area contributed by atoms with Crippen LogP contribution in [-0.2, 0) is 6.54 Å². The van der Waals surface area contributed by atoms with Gasteiger partial charge in [0.1, 0.15) is 12.4 Å². The highest BCUT2D eigenvalue weighted by Crippen LogP contribution is 2.36. The van der Waals surface area contributed by atoms with Gasteiger partial charge in [0.25, 0.3) is 0 Å². The number of fused-ring (bicyclic) bond motifs is 1. The highest BCUT2D eigenvalue weighted by Gasteiger charge is 2.27. The van der Waals surface area contributed by atoms with Crippen molar-refractivity contribution >= 4 is 10.8 Å². The lowest BCUT2D eigenvalue weighted by atomic mass is 9.96. The fourth-order valence-corrected chi connectivity index (χ4v) is 5.03. The summed E-state index contributed by atoms with van der Waals surface area (Å²) in [5, 5.41) is 10.8. The van der Waals surface area contributed by atoms with Gasteiger partial charge in [-0.3, -0.25) is 4.68 Å². The van der Waals surface area contributed by atoms with Crippen LogP contribution < -0.4 is 10.1 Å². The van der Waals surface area contributed by atoms with Crippen molar-refractivity contribution < 1.29 is 4.74 Å². The number of hydrogen-bond donors (Lipinski definition) is 1. The van der Waals surface area contributed by atoms with E-state index in [1.54, 1.807) is 6.20 Å². The molecule has 3 aromatic carbocycles. The van der Waals surface area contributed by atoms with E-state index < -0.39 is 0 Å². The van der Waals surface area contributed by atoms with Gasteiger partial charge in [0, 0.05) is 24.5 Å². The fraction of sp³-hybridized carbons (Fsp3) is 0.321. The first-order chi connectivity index (χ1) is 15.8. The maximum atomic E-state index is 5.88. The highest BCUT2D eigenvalue weighted by atomic mass is 16.5. The number of nitrogens with one attached hydrogen (secondary N) is 1. The molecule has 0 saturated heterocycles. The Labute approximate surface area is 190 Å². The Morgan fingerprint density at radius 2 is 1.84 bits per heavy atom. The van der Waals surface area contributed by atoms with Crippen molar-refractivity contribution in [2.75, 3.05) is 6.61 Å². The molecule has 5 rings (SSSR count). The second-order valence-corrected chi connectivity index (χ2v) is 8.85. The van der Waals surface area contributed by atoms with Crippen LogP contribution in [0.5, 0.6) is 5.75 Å². The van der Waals surface area contributed by atoms with E-state index in [4.69, 9.17) is 4.74 Å². The Morgan fingerprint density at radius 1 is 1.00 bits per heavy atom. The van der Waals surface area contributed by atoms with E-state index in [0.29, 0.717) is 24.6 Å². The second-order valence-electron chi connectivity index (χ2n) is 8.85. The van der Waals surface area contributed by atoms with E-state index in [0.717, 1.165) is 12.3 Å². The van der Waals surface area contributed by atoms with Crippen molar-refractivity contribution in [2.24, 2.45) is 0 Å². The first-order valence-corrected chi connectivity index (χ1v) is 11.7. The third-order valence-electron chi connectivity index (χ3n) is 6.71. The van der Waals surface area contributed by atoms with Crippen LogP contribution in [0.15, 0.2) is 85.2 Å². The summed E-state index contributed by atoms with van der Waals surface area (Å²) in [5.41, 5.74) is 2.81. The molecule has 1 heterocycles. The van der Waals surface area contributed by atoms with E-state index in [2.05, 4.69) is 84.1 Å². The molecule has 4 heteroatoms. The maximum absolute atomic E-state index is 5.88. The molecule has 0 amide bonds. The fourth-order valence-electron chi connectivity index (χ4n) is 5.03. The Bertz CT molecular complexity index is 1130. The number of rotatable bonds is 8. The Kier molecular flexibility index (Phi) is 6.22. The summed E-state index contributed by atoms with van der Waals surface area (Å²) < 4.78 is 7.77. The van der Waals surface area contributed by atoms with Crippen molar-refractivity contribution in [1.82, 2.24) is 15.1 Å². The predicted molar refractivity (Wildman–Crippen MR) is 130 cm³/mol. The Morgan fingerprint density at radius 3 is 2.69 bits per heavy atom. The predicted octanol–water partition coefficient (Wildman–Crippen LogP) is 6.10. The van der Waals surface area contributed by atoms with Gasteiger partial charge in [-0.2, -0.15) is 5.10 Å². The third-order valence-corrected chi connectivity index (χ3v) is 6.71. The second kappa shape index (κ2) is 9.58. The minimum absolute atomic E-state index is 0.343. The quantitative estimate of drug-likeness (QED) is 0.371. The van der Waals surface area contributed by atoms with E-state index in [1.807, 2.05) is 16.9 Å². The molecule has 0 radical (unpaired) electrons. The van der Waals surface area contributed by atoms with Crippen LogP contribution in [0.4, 0.5) is 0 Å². The van der Waals surface area contributed by atoms with Gasteiger partial charge in [-0.1, -0.05) is 54.6 Å². The normalized spacial score (nSPS) is 19.3. The summed E-state index contributed by atoms with van der Waals surface area (Å²) >= 11 is 0. The van der Waals surface area contributed by atoms with Crippen molar-refractivity contribution in [3.8, 4) is 5.75 Å². The molecule has 3 atom stereocenters. The lowest BCUT2D eigenvalue weighted by Gasteiger charge is -2.21. The molecule has 0 bridgehead atoms. The van der Waals surface area contributed by atoms with Crippen LogP contribution in [-0.4, -0.2) is 22.4 Å². The van der Waals surface area contributed by atoms with Gasteiger partial charge in [-0.15, -0.1) is 0 Å². The third kappa shape index (κ3) is 4.71. The summed E-state index contributed by atoms with van der Waals surface area (Å²) in [6.45, 7) is 3.69. The molecule has 0 unspecified atom stereocenters. The molecule has 1 aromatic heterocycles. The highest BCUT2D eigenvalue weighted by molar-refractivity contribution is 5.86. The molecule has 4 aromatic rings. The molecule has 1 aliphatic rings. The molecule has 1 N–H and O–H groups in total. The van der Waals surface area contributed by atoms with Crippen molar-refractivity contribution in [2.45, 2.75) is 50.7 Å². The number of hydrogen-bond acceptors (Lipinski definition) is 3. The minimum atomic E-state index is 0.343. The molecule has 1 fully saturated rings. The Balaban J connectivity index is 1.15. The SMILES string of the molecule is C[C@@H](N[C@@H]1CC[C@H](c2ccc(OCCn3cccn3)cc2)C1)c1cccc2ccccc12. The summed E-state index contributed by atoms with van der Waals surface area (Å²) in [6, 6.07) is 26.8. The van der Waals surface area contributed by atoms with Crippen molar-refractivity contribution in [1.29, 1.82) is 0 Å². The van der Waals surface area contributed by atoms with E-state index >= 15 is 0 Å². The van der Waals surface area contributed by atoms with Crippen molar-refractivity contribution in [3.05, 3.63) is 96.3 Å². The van der Waals surface area contributed by atoms with Gasteiger partial charge >= 0.3 is 0 Å². The number of benzene rings is 3. The van der Waals surface area contributed by atoms with Crippen LogP contribution in [0.3, 0.4) is 0 Å². The first kappa shape index (κ1) is 20.8. The average molecular weight is 426 g/mol. The van der Waals surface area contributed by atoms with Crippen LogP contribution >= 0.6 is 0 Å². The largest absolute Gasteiger partial charge is 0.492 e. The minimum Gasteiger partial charge on any atom is -0.492 e. The van der Waals surface area contributed by atoms with E-state index in [-0.39, 0.29) is 0 Å². The first-order valence-electron chi connectivity index (χ1n) is 11.7. The molecule has 1 aliphatic carbocycles. The van der Waals surface area contributed by atoms with Gasteiger partial charge in [0.05, 0.1) is 6.54 Å². The number of aromatic nitrogens is 2. The maximum Gasteiger partial charge on any atom is 0.119 e. The number of ether oxygens (including phenoxy) is 1. The number of nitrogens with zero attached hydrogens (tertiary/aromatic N) is 2. The summed E-state index contributed by atoms with van der Waals surface area (Å²) in [7, 11) is 0. The van der Waals surface area contributed by atoms with Crippen LogP contribution in [0.1, 0.15) is 49.3 Å². The lowest BCUT2D eigenvalue weighted by Crippen LogP contribution is -2.29. The van der Waals surface area contributed by atoms with Crippen LogP contribution in [0.25, 0.3) is 10.8 Å². The molecule has 0 spiro atoms. The van der Waals surface area contributed by atoms with Gasteiger partial charge in [-0.25, -0.2) is 0 Å². The van der Waals surface area contributed by atoms with Crippen LogP contribution in [0.2, 0.25) is 0 Å². The summed E-state index contributed by atoms with van der Waals surface area (Å²) in [5.74, 6) is 1.54. The lowest BCUT2D eigenvalue weighted by molar-refractivity contribution is 0.291. The molecule has 164 valence electrons. The van der Waals surface area contributed by atoms with Gasteiger partial charge in [0.15, 0.2) is 0 Å². The molecular weight excluding hydrogens is 394 g/mol. The van der Waals surface area contributed by atoms with Gasteiger partial charge in [0.2, 0.25) is 0 Å². The smallest absolute Gasteiger partial charge is 0.119 e. The molecule has 4 nitrogen and oxygen atoms in total. The van der Waals surface area contributed by atoms with Gasteiger partial charge in [-0.05, 0) is 72.2 Å². The summed E-state index contributed by atoms with van der Waals surface area (Å²) in [4.78, 5) is 0. The Hall–Kier alpha value is -3.11. The van der Waals surface area contributed by atoms with E-state index in [1.165, 1.54) is 41.2 Å². The summed E-state index contributed by atoms with van der Waals surface area (Å²) in [6.07, 6.45) is 7.40. The monoisotopic (exact) mass is 425 g/mol.